The lowest BCUT2D eigenvalue weighted by molar-refractivity contribution is -0.139. The highest BCUT2D eigenvalue weighted by Gasteiger charge is 2.16. The Bertz CT molecular complexity index is 1100. The molecule has 0 spiro atoms. The van der Waals surface area contributed by atoms with Gasteiger partial charge < -0.3 is 20.1 Å². The number of carboxylic acid groups (broad SMARTS) is 1. The average molecular weight is 394 g/mol. The molecule has 1 amide bonds. The van der Waals surface area contributed by atoms with Crippen molar-refractivity contribution in [3.63, 3.8) is 0 Å². The van der Waals surface area contributed by atoms with Gasteiger partial charge in [0.2, 0.25) is 5.91 Å². The minimum atomic E-state index is -1.16. The van der Waals surface area contributed by atoms with Crippen molar-refractivity contribution in [2.75, 3.05) is 5.32 Å². The first kappa shape index (κ1) is 20.5. The van der Waals surface area contributed by atoms with E-state index in [9.17, 15) is 14.7 Å². The number of benzene rings is 2. The molecule has 0 unspecified atom stereocenters. The minimum absolute atomic E-state index is 0.218. The third kappa shape index (κ3) is 4.26. The third-order valence-electron chi connectivity index (χ3n) is 5.11. The van der Waals surface area contributed by atoms with Gasteiger partial charge in [0.15, 0.2) is 0 Å². The number of aromatic hydroxyl groups is 1. The number of nitrogens with one attached hydrogen (secondary N) is 1. The van der Waals surface area contributed by atoms with Gasteiger partial charge in [-0.25, -0.2) is 0 Å². The van der Waals surface area contributed by atoms with Gasteiger partial charge in [0.25, 0.3) is 0 Å². The van der Waals surface area contributed by atoms with Crippen molar-refractivity contribution in [2.45, 2.75) is 46.6 Å². The molecule has 0 aliphatic carbocycles. The Labute approximate surface area is 169 Å². The first-order valence-electron chi connectivity index (χ1n) is 9.60. The van der Waals surface area contributed by atoms with Crippen LogP contribution in [0.5, 0.6) is 5.75 Å². The fourth-order valence-electron chi connectivity index (χ4n) is 3.68. The van der Waals surface area contributed by atoms with Crippen LogP contribution in [0, 0.1) is 13.8 Å². The Kier molecular flexibility index (Phi) is 5.64. The number of carbonyl (C=O) groups is 2. The summed E-state index contributed by atoms with van der Waals surface area (Å²) in [5.74, 6) is -1.19. The van der Waals surface area contributed by atoms with Crippen LogP contribution in [0.4, 0.5) is 5.69 Å². The largest absolute Gasteiger partial charge is 0.508 e. The second-order valence-electron chi connectivity index (χ2n) is 7.73. The van der Waals surface area contributed by atoms with Crippen LogP contribution >= 0.6 is 0 Å². The molecule has 29 heavy (non-hydrogen) atoms. The van der Waals surface area contributed by atoms with Gasteiger partial charge in [-0.2, -0.15) is 0 Å². The molecule has 0 bridgehead atoms. The Morgan fingerprint density at radius 1 is 1.10 bits per heavy atom. The van der Waals surface area contributed by atoms with Crippen LogP contribution in [0.2, 0.25) is 0 Å². The maximum absolute atomic E-state index is 11.9. The maximum atomic E-state index is 11.9. The SMILES string of the molecule is Cc1ccc(NC(=O)CC(=O)O)c2cc(C)n(Cc3ccc(O)c(C(C)C)c3)c12. The molecule has 2 aromatic carbocycles. The summed E-state index contributed by atoms with van der Waals surface area (Å²) < 4.78 is 2.17. The number of rotatable bonds is 6. The standard InChI is InChI=1S/C23H26N2O4/c1-13(2)17-10-16(6-8-20(17)26)12-25-15(4)9-18-19(7-5-14(3)23(18)25)24-21(27)11-22(28)29/h5-10,13,26H,11-12H2,1-4H3,(H,24,27)(H,28,29). The van der Waals surface area contributed by atoms with E-state index in [4.69, 9.17) is 5.11 Å². The lowest BCUT2D eigenvalue weighted by Gasteiger charge is -2.14. The van der Waals surface area contributed by atoms with Gasteiger partial charge in [-0.3, -0.25) is 9.59 Å². The molecular formula is C23H26N2O4. The Morgan fingerprint density at radius 2 is 1.83 bits per heavy atom. The Balaban J connectivity index is 2.03. The van der Waals surface area contributed by atoms with Crippen LogP contribution in [0.15, 0.2) is 36.4 Å². The molecule has 0 fully saturated rings. The third-order valence-corrected chi connectivity index (χ3v) is 5.11. The summed E-state index contributed by atoms with van der Waals surface area (Å²) in [7, 11) is 0. The van der Waals surface area contributed by atoms with Crippen LogP contribution in [0.1, 0.15) is 48.6 Å². The molecule has 0 radical (unpaired) electrons. The van der Waals surface area contributed by atoms with Gasteiger partial charge in [0, 0.05) is 17.6 Å². The fourth-order valence-corrected chi connectivity index (χ4v) is 3.68. The number of phenolic OH excluding ortho intramolecular Hbond substituents is 1. The number of carbonyl (C=O) groups excluding carboxylic acids is 1. The molecule has 6 heteroatoms. The van der Waals surface area contributed by atoms with Crippen molar-refractivity contribution >= 4 is 28.5 Å². The van der Waals surface area contributed by atoms with Crippen molar-refractivity contribution in [3.8, 4) is 5.75 Å². The number of hydrogen-bond donors (Lipinski definition) is 3. The molecule has 152 valence electrons. The van der Waals surface area contributed by atoms with E-state index >= 15 is 0 Å². The smallest absolute Gasteiger partial charge is 0.312 e. The Morgan fingerprint density at radius 3 is 2.48 bits per heavy atom. The van der Waals surface area contributed by atoms with E-state index in [1.807, 2.05) is 52.0 Å². The van der Waals surface area contributed by atoms with Crippen LogP contribution in [0.25, 0.3) is 10.9 Å². The molecule has 0 saturated carbocycles. The quantitative estimate of drug-likeness (QED) is 0.535. The number of anilines is 1. The van der Waals surface area contributed by atoms with Crippen molar-refractivity contribution < 1.29 is 19.8 Å². The molecule has 3 aromatic rings. The van der Waals surface area contributed by atoms with Crippen LogP contribution in [0.3, 0.4) is 0 Å². The van der Waals surface area contributed by atoms with Crippen LogP contribution < -0.4 is 5.32 Å². The van der Waals surface area contributed by atoms with Crippen molar-refractivity contribution in [3.05, 3.63) is 58.8 Å². The van der Waals surface area contributed by atoms with Crippen LogP contribution in [-0.4, -0.2) is 26.7 Å². The molecule has 3 rings (SSSR count). The van der Waals surface area contributed by atoms with Gasteiger partial charge in [-0.05, 0) is 54.7 Å². The molecule has 1 heterocycles. The van der Waals surface area contributed by atoms with E-state index in [0.717, 1.165) is 33.3 Å². The topological polar surface area (TPSA) is 91.6 Å². The predicted octanol–water partition coefficient (Wildman–Crippen LogP) is 4.55. The summed E-state index contributed by atoms with van der Waals surface area (Å²) in [6.45, 7) is 8.74. The zero-order valence-electron chi connectivity index (χ0n) is 17.1. The molecule has 1 aromatic heterocycles. The van der Waals surface area contributed by atoms with Gasteiger partial charge >= 0.3 is 5.97 Å². The van der Waals surface area contributed by atoms with E-state index < -0.39 is 18.3 Å². The highest BCUT2D eigenvalue weighted by molar-refractivity contribution is 6.07. The van der Waals surface area contributed by atoms with Gasteiger partial charge in [0.1, 0.15) is 12.2 Å². The average Bonchev–Trinajstić information content (AvgIpc) is 2.95. The number of amides is 1. The maximum Gasteiger partial charge on any atom is 0.312 e. The first-order chi connectivity index (χ1) is 13.7. The number of hydrogen-bond acceptors (Lipinski definition) is 3. The number of nitrogens with zero attached hydrogens (tertiary/aromatic N) is 1. The first-order valence-corrected chi connectivity index (χ1v) is 9.60. The van der Waals surface area contributed by atoms with E-state index in [1.54, 1.807) is 12.1 Å². The number of carboxylic acids is 1. The number of phenols is 1. The lowest BCUT2D eigenvalue weighted by atomic mass is 9.99. The number of aryl methyl sites for hydroxylation is 2. The second-order valence-corrected chi connectivity index (χ2v) is 7.73. The van der Waals surface area contributed by atoms with E-state index in [2.05, 4.69) is 9.88 Å². The van der Waals surface area contributed by atoms with Crippen LogP contribution in [-0.2, 0) is 16.1 Å². The van der Waals surface area contributed by atoms with Gasteiger partial charge in [-0.1, -0.05) is 32.0 Å². The minimum Gasteiger partial charge on any atom is -0.508 e. The number of aromatic nitrogens is 1. The summed E-state index contributed by atoms with van der Waals surface area (Å²) in [6.07, 6.45) is -0.569. The molecule has 3 N–H and O–H groups in total. The normalized spacial score (nSPS) is 11.2. The predicted molar refractivity (Wildman–Crippen MR) is 114 cm³/mol. The second kappa shape index (κ2) is 7.99. The van der Waals surface area contributed by atoms with E-state index in [1.165, 1.54) is 0 Å². The Hall–Kier alpha value is -3.28. The summed E-state index contributed by atoms with van der Waals surface area (Å²) in [6, 6.07) is 11.4. The zero-order valence-corrected chi connectivity index (χ0v) is 17.1. The van der Waals surface area contributed by atoms with E-state index in [-0.39, 0.29) is 5.92 Å². The number of aliphatic carboxylic acids is 1. The zero-order chi connectivity index (χ0) is 21.3. The van der Waals surface area contributed by atoms with Gasteiger partial charge in [-0.15, -0.1) is 0 Å². The van der Waals surface area contributed by atoms with Crippen molar-refractivity contribution in [2.24, 2.45) is 0 Å². The van der Waals surface area contributed by atoms with E-state index in [0.29, 0.717) is 18.0 Å². The summed E-state index contributed by atoms with van der Waals surface area (Å²) >= 11 is 0. The number of fused-ring (bicyclic) bond motifs is 1. The molecule has 0 saturated heterocycles. The molecule has 6 nitrogen and oxygen atoms in total. The highest BCUT2D eigenvalue weighted by Crippen LogP contribution is 2.32. The fraction of sp³-hybridized carbons (Fsp3) is 0.304. The molecule has 0 aliphatic rings. The summed E-state index contributed by atoms with van der Waals surface area (Å²) in [5.41, 5.74) is 5.68. The lowest BCUT2D eigenvalue weighted by Crippen LogP contribution is -2.16. The molecule has 0 atom stereocenters. The molecule has 0 aliphatic heterocycles. The summed E-state index contributed by atoms with van der Waals surface area (Å²) in [5, 5.41) is 22.5. The summed E-state index contributed by atoms with van der Waals surface area (Å²) in [4.78, 5) is 22.7. The monoisotopic (exact) mass is 394 g/mol. The van der Waals surface area contributed by atoms with Crippen molar-refractivity contribution in [1.29, 1.82) is 0 Å². The molecular weight excluding hydrogens is 368 g/mol. The highest BCUT2D eigenvalue weighted by atomic mass is 16.4. The van der Waals surface area contributed by atoms with Crippen molar-refractivity contribution in [1.82, 2.24) is 4.57 Å². The van der Waals surface area contributed by atoms with Gasteiger partial charge in [0.05, 0.1) is 11.2 Å².